The molecule has 0 bridgehead atoms. The van der Waals surface area contributed by atoms with Crippen LogP contribution in [-0.2, 0) is 0 Å². The van der Waals surface area contributed by atoms with E-state index in [-0.39, 0.29) is 51.4 Å². The van der Waals surface area contributed by atoms with E-state index in [2.05, 4.69) is 19.6 Å². The topological polar surface area (TPSA) is 0 Å². The zero-order valence-corrected chi connectivity index (χ0v) is 17.2. The first kappa shape index (κ1) is 21.7. The Morgan fingerprint density at radius 3 is 1.71 bits per heavy atom. The number of hydrogen-bond donors (Lipinski definition) is 1. The maximum atomic E-state index is 4.89. The van der Waals surface area contributed by atoms with E-state index in [1.165, 1.54) is 64.2 Å². The minimum atomic E-state index is 0. The van der Waals surface area contributed by atoms with Crippen LogP contribution in [0.3, 0.4) is 0 Å². The number of thiol groups is 1. The van der Waals surface area contributed by atoms with Crippen molar-refractivity contribution in [3.8, 4) is 0 Å². The summed E-state index contributed by atoms with van der Waals surface area (Å²) in [5.41, 5.74) is 0. The van der Waals surface area contributed by atoms with Crippen molar-refractivity contribution in [1.29, 1.82) is 0 Å². The maximum absolute atomic E-state index is 4.89. The van der Waals surface area contributed by atoms with E-state index < -0.39 is 0 Å². The fourth-order valence-electron chi connectivity index (χ4n) is 1.75. The molecule has 0 spiro atoms. The molecule has 0 saturated heterocycles. The molecule has 17 heavy (non-hydrogen) atoms. The molecule has 0 rings (SSSR count). The van der Waals surface area contributed by atoms with Crippen LogP contribution in [-0.4, -0.2) is 60.7 Å². The van der Waals surface area contributed by atoms with Gasteiger partial charge < -0.3 is 0 Å². The Bertz CT molecular complexity index is 163. The summed E-state index contributed by atoms with van der Waals surface area (Å²) in [6.07, 6.45) is 14.0. The first-order valence-corrected chi connectivity index (χ1v) is 8.47. The van der Waals surface area contributed by atoms with Crippen molar-refractivity contribution in [2.24, 2.45) is 0 Å². The molecule has 0 nitrogen and oxygen atoms in total. The molecule has 0 aromatic carbocycles. The second-order valence-electron chi connectivity index (χ2n) is 4.30. The molecule has 1 radical (unpaired) electrons. The van der Waals surface area contributed by atoms with E-state index in [9.17, 15) is 0 Å². The molecular weight excluding hydrogens is 291 g/mol. The van der Waals surface area contributed by atoms with Gasteiger partial charge in [-0.25, -0.2) is 0 Å². The summed E-state index contributed by atoms with van der Waals surface area (Å²) in [6, 6.07) is 0. The SMILES string of the molecule is CCCCCCCCCCCCSC(=S)S.[K]. The minimum Gasteiger partial charge on any atom is -0.125 e. The van der Waals surface area contributed by atoms with E-state index in [0.717, 1.165) is 9.28 Å². The van der Waals surface area contributed by atoms with Crippen LogP contribution in [0.4, 0.5) is 0 Å². The summed E-state index contributed by atoms with van der Waals surface area (Å²) in [5, 5.41) is 0. The minimum absolute atomic E-state index is 0. The van der Waals surface area contributed by atoms with E-state index >= 15 is 0 Å². The number of unbranched alkanes of at least 4 members (excludes halogenated alkanes) is 9. The second kappa shape index (κ2) is 18.4. The van der Waals surface area contributed by atoms with Crippen LogP contribution in [0.5, 0.6) is 0 Å². The monoisotopic (exact) mass is 317 g/mol. The molecule has 0 N–H and O–H groups in total. The molecule has 0 amide bonds. The molecule has 0 saturated carbocycles. The van der Waals surface area contributed by atoms with Crippen molar-refractivity contribution in [2.45, 2.75) is 71.1 Å². The molecular formula is C13H26KS3. The van der Waals surface area contributed by atoms with Gasteiger partial charge in [-0.1, -0.05) is 76.9 Å². The van der Waals surface area contributed by atoms with Crippen molar-refractivity contribution in [3.05, 3.63) is 0 Å². The second-order valence-corrected chi connectivity index (χ2v) is 7.12. The third-order valence-corrected chi connectivity index (χ3v) is 4.20. The molecule has 0 aromatic heterocycles. The third kappa shape index (κ3) is 20.9. The maximum Gasteiger partial charge on any atom is 0.101 e. The average Bonchev–Trinajstić information content (AvgIpc) is 2.25. The van der Waals surface area contributed by atoms with Crippen molar-refractivity contribution >= 4 is 91.5 Å². The van der Waals surface area contributed by atoms with Gasteiger partial charge in [0.05, 0.1) is 0 Å². The van der Waals surface area contributed by atoms with Gasteiger partial charge in [0.15, 0.2) is 0 Å². The van der Waals surface area contributed by atoms with Gasteiger partial charge in [-0.2, -0.15) is 0 Å². The van der Waals surface area contributed by atoms with Crippen LogP contribution in [0.15, 0.2) is 0 Å². The van der Waals surface area contributed by atoms with E-state index in [4.69, 9.17) is 12.2 Å². The zero-order chi connectivity index (χ0) is 12.1. The Morgan fingerprint density at radius 1 is 0.882 bits per heavy atom. The summed E-state index contributed by atoms with van der Waals surface area (Å²) >= 11 is 10.7. The van der Waals surface area contributed by atoms with Crippen LogP contribution >= 0.6 is 36.6 Å². The van der Waals surface area contributed by atoms with Gasteiger partial charge in [-0.05, 0) is 12.2 Å². The van der Waals surface area contributed by atoms with Gasteiger partial charge >= 0.3 is 0 Å². The van der Waals surface area contributed by atoms with Gasteiger partial charge in [0, 0.05) is 51.4 Å². The summed E-state index contributed by atoms with van der Waals surface area (Å²) in [5.74, 6) is 1.15. The van der Waals surface area contributed by atoms with Gasteiger partial charge in [0.25, 0.3) is 0 Å². The number of rotatable bonds is 11. The van der Waals surface area contributed by atoms with Crippen LogP contribution in [0.2, 0.25) is 0 Å². The Balaban J connectivity index is 0. The van der Waals surface area contributed by atoms with E-state index in [1.807, 2.05) is 0 Å². The molecule has 0 fully saturated rings. The van der Waals surface area contributed by atoms with Crippen LogP contribution < -0.4 is 0 Å². The first-order valence-electron chi connectivity index (χ1n) is 6.63. The standard InChI is InChI=1S/C13H26S3.K/c1-2-3-4-5-6-7-8-9-10-11-12-16-13(14)15;/h2-12H2,1H3,(H,14,15);. The molecule has 0 aliphatic rings. The molecule has 0 atom stereocenters. The third-order valence-electron chi connectivity index (χ3n) is 2.72. The van der Waals surface area contributed by atoms with Crippen LogP contribution in [0.25, 0.3) is 0 Å². The Hall–Kier alpha value is 2.43. The van der Waals surface area contributed by atoms with E-state index in [1.54, 1.807) is 11.8 Å². The summed E-state index contributed by atoms with van der Waals surface area (Å²) in [6.45, 7) is 2.27. The summed E-state index contributed by atoms with van der Waals surface area (Å²) in [4.78, 5) is 0. The van der Waals surface area contributed by atoms with Crippen LogP contribution in [0.1, 0.15) is 71.1 Å². The number of thioether (sulfide) groups is 1. The predicted octanol–water partition coefficient (Wildman–Crippen LogP) is 5.47. The van der Waals surface area contributed by atoms with E-state index in [0.29, 0.717) is 0 Å². The van der Waals surface area contributed by atoms with Crippen molar-refractivity contribution in [3.63, 3.8) is 0 Å². The molecule has 4 heteroatoms. The molecule has 0 unspecified atom stereocenters. The quantitative estimate of drug-likeness (QED) is 0.232. The summed E-state index contributed by atoms with van der Waals surface area (Å²) < 4.78 is 0.788. The largest absolute Gasteiger partial charge is 0.125 e. The van der Waals surface area contributed by atoms with Gasteiger partial charge in [-0.3, -0.25) is 0 Å². The Labute approximate surface area is 166 Å². The predicted molar refractivity (Wildman–Crippen MR) is 91.6 cm³/mol. The molecule has 0 aliphatic carbocycles. The molecule has 0 aromatic rings. The van der Waals surface area contributed by atoms with Crippen molar-refractivity contribution < 1.29 is 0 Å². The zero-order valence-electron chi connectivity index (χ0n) is 11.5. The van der Waals surface area contributed by atoms with Crippen LogP contribution in [0, 0.1) is 0 Å². The fraction of sp³-hybridized carbons (Fsp3) is 0.923. The fourth-order valence-corrected chi connectivity index (χ4v) is 2.80. The molecule has 0 aliphatic heterocycles. The van der Waals surface area contributed by atoms with Crippen molar-refractivity contribution in [2.75, 3.05) is 5.75 Å². The molecule has 0 heterocycles. The summed E-state index contributed by atoms with van der Waals surface area (Å²) in [7, 11) is 0. The van der Waals surface area contributed by atoms with Gasteiger partial charge in [0.1, 0.15) is 3.53 Å². The van der Waals surface area contributed by atoms with Crippen molar-refractivity contribution in [1.82, 2.24) is 0 Å². The average molecular weight is 318 g/mol. The first-order chi connectivity index (χ1) is 7.77. The van der Waals surface area contributed by atoms with Gasteiger partial charge in [0.2, 0.25) is 0 Å². The number of hydrogen-bond acceptors (Lipinski definition) is 2. The smallest absolute Gasteiger partial charge is 0.101 e. The Morgan fingerprint density at radius 2 is 1.29 bits per heavy atom. The normalized spacial score (nSPS) is 10.0. The van der Waals surface area contributed by atoms with Gasteiger partial charge in [-0.15, -0.1) is 24.4 Å². The number of thiocarbonyl (C=S) groups is 1. The molecule has 97 valence electrons. The Kier molecular flexibility index (Phi) is 23.5.